The van der Waals surface area contributed by atoms with Crippen LogP contribution in [0, 0.1) is 5.41 Å². The van der Waals surface area contributed by atoms with Crippen LogP contribution in [0.15, 0.2) is 0 Å². The van der Waals surface area contributed by atoms with Crippen LogP contribution in [0.3, 0.4) is 0 Å². The van der Waals surface area contributed by atoms with Crippen LogP contribution in [-0.2, 0) is 4.74 Å². The van der Waals surface area contributed by atoms with Crippen LogP contribution < -0.4 is 5.32 Å². The summed E-state index contributed by atoms with van der Waals surface area (Å²) in [6, 6.07) is 0.901. The zero-order valence-corrected chi connectivity index (χ0v) is 14.7. The van der Waals surface area contributed by atoms with Crippen LogP contribution in [-0.4, -0.2) is 68.3 Å². The Labute approximate surface area is 140 Å². The Morgan fingerprint density at radius 1 is 1.09 bits per heavy atom. The molecule has 1 N–H and O–H groups in total. The van der Waals surface area contributed by atoms with Crippen molar-refractivity contribution >= 4 is 6.03 Å². The van der Waals surface area contributed by atoms with E-state index in [2.05, 4.69) is 10.2 Å². The van der Waals surface area contributed by atoms with Gasteiger partial charge in [-0.2, -0.15) is 0 Å². The molecule has 23 heavy (non-hydrogen) atoms. The van der Waals surface area contributed by atoms with Crippen molar-refractivity contribution in [3.05, 3.63) is 0 Å². The van der Waals surface area contributed by atoms with E-state index in [0.29, 0.717) is 0 Å². The largest absolute Gasteiger partial charge is 0.384 e. The van der Waals surface area contributed by atoms with E-state index in [1.807, 2.05) is 4.90 Å². The summed E-state index contributed by atoms with van der Waals surface area (Å²) in [7, 11) is 1.76. The molecule has 0 aromatic rings. The lowest BCUT2D eigenvalue weighted by Crippen LogP contribution is -2.49. The van der Waals surface area contributed by atoms with Crippen LogP contribution in [0.25, 0.3) is 0 Å². The summed E-state index contributed by atoms with van der Waals surface area (Å²) in [5.41, 5.74) is 0.201. The van der Waals surface area contributed by atoms with Gasteiger partial charge < -0.3 is 15.0 Å². The van der Waals surface area contributed by atoms with E-state index in [4.69, 9.17) is 4.74 Å². The van der Waals surface area contributed by atoms with Crippen molar-refractivity contribution < 1.29 is 9.53 Å². The lowest BCUT2D eigenvalue weighted by molar-refractivity contribution is 0.0191. The summed E-state index contributed by atoms with van der Waals surface area (Å²) < 4.78 is 5.35. The zero-order valence-electron chi connectivity index (χ0n) is 14.7. The van der Waals surface area contributed by atoms with Gasteiger partial charge in [-0.1, -0.05) is 19.3 Å². The number of nitrogens with one attached hydrogen (secondary N) is 1. The Balaban J connectivity index is 1.44. The smallest absolute Gasteiger partial charge is 0.317 e. The highest BCUT2D eigenvalue weighted by Gasteiger charge is 2.37. The second-order valence-electron chi connectivity index (χ2n) is 7.76. The van der Waals surface area contributed by atoms with Crippen LogP contribution in [0.4, 0.5) is 4.79 Å². The Morgan fingerprint density at radius 2 is 1.87 bits per heavy atom. The number of methoxy groups -OCH3 is 1. The fourth-order valence-corrected chi connectivity index (χ4v) is 4.51. The lowest BCUT2D eigenvalue weighted by atomic mass is 9.69. The molecule has 0 spiro atoms. The summed E-state index contributed by atoms with van der Waals surface area (Å²) >= 11 is 0. The molecule has 2 aliphatic carbocycles. The Kier molecular flexibility index (Phi) is 5.81. The van der Waals surface area contributed by atoms with E-state index in [1.54, 1.807) is 7.11 Å². The Morgan fingerprint density at radius 3 is 2.52 bits per heavy atom. The van der Waals surface area contributed by atoms with Crippen LogP contribution in [0.1, 0.15) is 51.4 Å². The lowest BCUT2D eigenvalue weighted by Gasteiger charge is -2.41. The molecular formula is C18H33N3O2. The van der Waals surface area contributed by atoms with Crippen molar-refractivity contribution in [2.24, 2.45) is 5.41 Å². The number of amides is 2. The third-order valence-electron chi connectivity index (χ3n) is 6.14. The van der Waals surface area contributed by atoms with Crippen molar-refractivity contribution in [1.82, 2.24) is 15.1 Å². The maximum absolute atomic E-state index is 12.5. The van der Waals surface area contributed by atoms with E-state index in [1.165, 1.54) is 44.9 Å². The van der Waals surface area contributed by atoms with Crippen molar-refractivity contribution in [2.75, 3.05) is 46.4 Å². The van der Waals surface area contributed by atoms with Gasteiger partial charge in [-0.15, -0.1) is 0 Å². The van der Waals surface area contributed by atoms with Gasteiger partial charge in [0.05, 0.1) is 6.61 Å². The standard InChI is InChI=1S/C18H33N3O2/c1-23-15-18(8-4-9-18)14-19-17(22)21-11-5-10-20(12-13-21)16-6-2-3-7-16/h16H,2-15H2,1H3,(H,19,22). The van der Waals surface area contributed by atoms with Gasteiger partial charge in [0.2, 0.25) is 0 Å². The first-order chi connectivity index (χ1) is 11.2. The van der Waals surface area contributed by atoms with E-state index in [9.17, 15) is 4.79 Å². The summed E-state index contributed by atoms with van der Waals surface area (Å²) in [5.74, 6) is 0. The molecule has 5 nitrogen and oxygen atoms in total. The second-order valence-corrected chi connectivity index (χ2v) is 7.76. The van der Waals surface area contributed by atoms with Gasteiger partial charge in [0.25, 0.3) is 0 Å². The van der Waals surface area contributed by atoms with Gasteiger partial charge >= 0.3 is 6.03 Å². The first-order valence-corrected chi connectivity index (χ1v) is 9.48. The zero-order chi connectivity index (χ0) is 16.1. The molecule has 1 heterocycles. The number of urea groups is 1. The minimum absolute atomic E-state index is 0.126. The quantitative estimate of drug-likeness (QED) is 0.845. The van der Waals surface area contributed by atoms with Gasteiger partial charge in [0, 0.05) is 51.3 Å². The molecule has 0 aromatic heterocycles. The van der Waals surface area contributed by atoms with Crippen molar-refractivity contribution in [1.29, 1.82) is 0 Å². The average molecular weight is 323 g/mol. The number of hydrogen-bond acceptors (Lipinski definition) is 3. The Hall–Kier alpha value is -0.810. The highest BCUT2D eigenvalue weighted by molar-refractivity contribution is 5.74. The molecule has 2 amide bonds. The summed E-state index contributed by atoms with van der Waals surface area (Å²) in [4.78, 5) is 17.2. The van der Waals surface area contributed by atoms with Crippen LogP contribution >= 0.6 is 0 Å². The molecule has 3 fully saturated rings. The number of ether oxygens (including phenoxy) is 1. The minimum atomic E-state index is 0.126. The van der Waals surface area contributed by atoms with Gasteiger partial charge in [0.15, 0.2) is 0 Å². The topological polar surface area (TPSA) is 44.8 Å². The summed E-state index contributed by atoms with van der Waals surface area (Å²) in [6.45, 7) is 5.50. The van der Waals surface area contributed by atoms with E-state index in [-0.39, 0.29) is 11.4 Å². The van der Waals surface area contributed by atoms with Crippen LogP contribution in [0.2, 0.25) is 0 Å². The first kappa shape index (κ1) is 17.0. The maximum atomic E-state index is 12.5. The second kappa shape index (κ2) is 7.84. The molecule has 0 radical (unpaired) electrons. The predicted molar refractivity (Wildman–Crippen MR) is 91.6 cm³/mol. The maximum Gasteiger partial charge on any atom is 0.317 e. The third-order valence-corrected chi connectivity index (χ3v) is 6.14. The van der Waals surface area contributed by atoms with Crippen molar-refractivity contribution in [3.63, 3.8) is 0 Å². The highest BCUT2D eigenvalue weighted by atomic mass is 16.5. The van der Waals surface area contributed by atoms with Gasteiger partial charge in [-0.3, -0.25) is 4.90 Å². The SMILES string of the molecule is COCC1(CNC(=O)N2CCCN(C3CCCC3)CC2)CCC1. The fourth-order valence-electron chi connectivity index (χ4n) is 4.51. The van der Waals surface area contributed by atoms with Gasteiger partial charge in [-0.25, -0.2) is 4.79 Å². The first-order valence-electron chi connectivity index (χ1n) is 9.48. The molecule has 1 aliphatic heterocycles. The molecule has 0 bridgehead atoms. The number of nitrogens with zero attached hydrogens (tertiary/aromatic N) is 2. The molecule has 1 saturated heterocycles. The van der Waals surface area contributed by atoms with E-state index >= 15 is 0 Å². The summed E-state index contributed by atoms with van der Waals surface area (Å²) in [5, 5.41) is 3.18. The molecular weight excluding hydrogens is 290 g/mol. The molecule has 5 heteroatoms. The number of hydrogen-bond donors (Lipinski definition) is 1. The van der Waals surface area contributed by atoms with Gasteiger partial charge in [-0.05, 0) is 32.1 Å². The average Bonchev–Trinajstić information content (AvgIpc) is 2.94. The molecule has 0 atom stereocenters. The summed E-state index contributed by atoms with van der Waals surface area (Å²) in [6.07, 6.45) is 10.2. The third kappa shape index (κ3) is 4.18. The van der Waals surface area contributed by atoms with Gasteiger partial charge in [0.1, 0.15) is 0 Å². The normalized spacial score (nSPS) is 25.9. The Bertz CT molecular complexity index is 392. The van der Waals surface area contributed by atoms with E-state index in [0.717, 1.165) is 51.8 Å². The predicted octanol–water partition coefficient (Wildman–Crippen LogP) is 2.46. The monoisotopic (exact) mass is 323 g/mol. The number of rotatable bonds is 5. The highest BCUT2D eigenvalue weighted by Crippen LogP contribution is 2.40. The van der Waals surface area contributed by atoms with E-state index < -0.39 is 0 Å². The van der Waals surface area contributed by atoms with Crippen LogP contribution in [0.5, 0.6) is 0 Å². The molecule has 0 unspecified atom stereocenters. The number of carbonyl (C=O) groups is 1. The molecule has 3 rings (SSSR count). The van der Waals surface area contributed by atoms with Crippen molar-refractivity contribution in [2.45, 2.75) is 57.4 Å². The molecule has 3 aliphatic rings. The van der Waals surface area contributed by atoms with Crippen molar-refractivity contribution in [3.8, 4) is 0 Å². The molecule has 0 aromatic carbocycles. The fraction of sp³-hybridized carbons (Fsp3) is 0.944. The number of carbonyl (C=O) groups excluding carboxylic acids is 1. The molecule has 2 saturated carbocycles. The minimum Gasteiger partial charge on any atom is -0.384 e. The molecule has 132 valence electrons.